The molecular formula is C11H16BrNS. The number of hydrogen-bond donors (Lipinski definition) is 2. The van der Waals surface area contributed by atoms with Crippen LogP contribution in [0, 0.1) is 0 Å². The molecule has 14 heavy (non-hydrogen) atoms. The average molecular weight is 274 g/mol. The molecule has 1 aromatic carbocycles. The quantitative estimate of drug-likeness (QED) is 0.634. The van der Waals surface area contributed by atoms with Gasteiger partial charge in [-0.1, -0.05) is 48.0 Å². The minimum absolute atomic E-state index is 0.128. The van der Waals surface area contributed by atoms with Crippen LogP contribution in [0.5, 0.6) is 0 Å². The summed E-state index contributed by atoms with van der Waals surface area (Å²) in [4.78, 5) is 0. The first-order valence-corrected chi connectivity index (χ1v) is 6.07. The minimum Gasteiger partial charge on any atom is -0.307 e. The van der Waals surface area contributed by atoms with Gasteiger partial charge < -0.3 is 5.32 Å². The molecule has 0 amide bonds. The van der Waals surface area contributed by atoms with Crippen LogP contribution in [0.3, 0.4) is 0 Å². The maximum atomic E-state index is 4.15. The predicted molar refractivity (Wildman–Crippen MR) is 69.0 cm³/mol. The van der Waals surface area contributed by atoms with Gasteiger partial charge in [-0.2, -0.15) is 12.6 Å². The fraction of sp³-hybridized carbons (Fsp3) is 0.455. The van der Waals surface area contributed by atoms with Crippen molar-refractivity contribution in [2.75, 3.05) is 12.4 Å². The summed E-state index contributed by atoms with van der Waals surface area (Å²) in [6.45, 7) is 5.38. The molecule has 0 atom stereocenters. The summed E-state index contributed by atoms with van der Waals surface area (Å²) in [7, 11) is 0. The summed E-state index contributed by atoms with van der Waals surface area (Å²) in [6, 6.07) is 8.35. The number of hydrogen-bond acceptors (Lipinski definition) is 2. The van der Waals surface area contributed by atoms with Crippen molar-refractivity contribution in [1.82, 2.24) is 5.32 Å². The predicted octanol–water partition coefficient (Wildman–Crippen LogP) is 3.20. The van der Waals surface area contributed by atoms with Crippen molar-refractivity contribution in [2.45, 2.75) is 19.3 Å². The second-order valence-corrected chi connectivity index (χ2v) is 5.12. The van der Waals surface area contributed by atoms with Crippen molar-refractivity contribution in [3.63, 3.8) is 0 Å². The van der Waals surface area contributed by atoms with Gasteiger partial charge in [-0.05, 0) is 11.6 Å². The normalized spacial score (nSPS) is 11.7. The second kappa shape index (κ2) is 5.19. The van der Waals surface area contributed by atoms with Gasteiger partial charge in [-0.3, -0.25) is 0 Å². The van der Waals surface area contributed by atoms with E-state index >= 15 is 0 Å². The molecule has 1 nitrogen and oxygen atoms in total. The molecular weight excluding hydrogens is 258 g/mol. The number of nitrogens with one attached hydrogen (secondary N) is 1. The molecule has 1 N–H and O–H groups in total. The maximum Gasteiger partial charge on any atom is 0.0387 e. The van der Waals surface area contributed by atoms with Crippen molar-refractivity contribution in [3.05, 3.63) is 34.3 Å². The highest BCUT2D eigenvalue weighted by Gasteiger charge is 2.21. The lowest BCUT2D eigenvalue weighted by Crippen LogP contribution is -2.32. The summed E-state index contributed by atoms with van der Waals surface area (Å²) in [5.41, 5.74) is 1.46. The van der Waals surface area contributed by atoms with Crippen LogP contribution in [-0.4, -0.2) is 12.4 Å². The van der Waals surface area contributed by atoms with Gasteiger partial charge in [-0.15, -0.1) is 0 Å². The van der Waals surface area contributed by atoms with Crippen molar-refractivity contribution in [3.8, 4) is 0 Å². The lowest BCUT2D eigenvalue weighted by Gasteiger charge is -2.26. The summed E-state index contributed by atoms with van der Waals surface area (Å²) in [6.07, 6.45) is 0. The van der Waals surface area contributed by atoms with E-state index in [-0.39, 0.29) is 5.41 Å². The largest absolute Gasteiger partial charge is 0.307 e. The highest BCUT2D eigenvalue weighted by molar-refractivity contribution is 9.10. The molecule has 0 aromatic heterocycles. The molecule has 0 heterocycles. The van der Waals surface area contributed by atoms with Gasteiger partial charge in [0.2, 0.25) is 0 Å². The smallest absolute Gasteiger partial charge is 0.0387 e. The van der Waals surface area contributed by atoms with E-state index < -0.39 is 0 Å². The highest BCUT2D eigenvalue weighted by Crippen LogP contribution is 2.29. The van der Waals surface area contributed by atoms with Crippen LogP contribution >= 0.6 is 28.6 Å². The highest BCUT2D eigenvalue weighted by atomic mass is 79.9. The third-order valence-corrected chi connectivity index (χ3v) is 3.20. The summed E-state index contributed by atoms with van der Waals surface area (Å²) < 4.78 is 1.17. The molecule has 1 aromatic rings. The van der Waals surface area contributed by atoms with Gasteiger partial charge in [0.05, 0.1) is 0 Å². The fourth-order valence-corrected chi connectivity index (χ4v) is 2.41. The van der Waals surface area contributed by atoms with Crippen molar-refractivity contribution < 1.29 is 0 Å². The Bertz CT molecular complexity index is 299. The minimum atomic E-state index is 0.128. The summed E-state index contributed by atoms with van der Waals surface area (Å²) >= 11 is 7.73. The Hall–Kier alpha value is 0.01000. The van der Waals surface area contributed by atoms with E-state index in [1.165, 1.54) is 10.0 Å². The number of benzene rings is 1. The Kier molecular flexibility index (Phi) is 4.48. The molecule has 0 aliphatic rings. The van der Waals surface area contributed by atoms with E-state index in [0.29, 0.717) is 5.88 Å². The molecule has 78 valence electrons. The molecule has 0 radical (unpaired) electrons. The number of rotatable bonds is 4. The zero-order valence-corrected chi connectivity index (χ0v) is 11.0. The third-order valence-electron chi connectivity index (χ3n) is 2.28. The molecule has 0 fully saturated rings. The Morgan fingerprint density at radius 3 is 2.57 bits per heavy atom. The van der Waals surface area contributed by atoms with Crippen LogP contribution in [0.25, 0.3) is 0 Å². The maximum absolute atomic E-state index is 4.15. The standard InChI is InChI=1S/C11H16BrNS/c1-11(2,7-13-8-14)9-5-3-4-6-10(9)12/h3-6,13-14H,7-8H2,1-2H3. The van der Waals surface area contributed by atoms with E-state index in [9.17, 15) is 0 Å². The van der Waals surface area contributed by atoms with Gasteiger partial charge in [0.25, 0.3) is 0 Å². The monoisotopic (exact) mass is 273 g/mol. The molecule has 0 aliphatic carbocycles. The van der Waals surface area contributed by atoms with Crippen LogP contribution in [-0.2, 0) is 5.41 Å². The molecule has 3 heteroatoms. The van der Waals surface area contributed by atoms with Gasteiger partial charge in [0.1, 0.15) is 0 Å². The first-order valence-electron chi connectivity index (χ1n) is 4.64. The van der Waals surface area contributed by atoms with Crippen molar-refractivity contribution in [1.29, 1.82) is 0 Å². The van der Waals surface area contributed by atoms with Crippen LogP contribution in [0.15, 0.2) is 28.7 Å². The molecule has 0 bridgehead atoms. The van der Waals surface area contributed by atoms with Gasteiger partial charge >= 0.3 is 0 Å². The molecule has 0 saturated heterocycles. The van der Waals surface area contributed by atoms with Crippen LogP contribution in [0.2, 0.25) is 0 Å². The van der Waals surface area contributed by atoms with Crippen molar-refractivity contribution >= 4 is 28.6 Å². The molecule has 0 saturated carbocycles. The average Bonchev–Trinajstić information content (AvgIpc) is 2.15. The first-order chi connectivity index (χ1) is 6.58. The van der Waals surface area contributed by atoms with Crippen LogP contribution < -0.4 is 5.32 Å². The Morgan fingerprint density at radius 2 is 2.00 bits per heavy atom. The van der Waals surface area contributed by atoms with Gasteiger partial charge in [-0.25, -0.2) is 0 Å². The second-order valence-electron chi connectivity index (χ2n) is 3.95. The summed E-state index contributed by atoms with van der Waals surface area (Å²) in [5.74, 6) is 0.716. The van der Waals surface area contributed by atoms with E-state index in [1.54, 1.807) is 0 Å². The topological polar surface area (TPSA) is 12.0 Å². The molecule has 0 aliphatic heterocycles. The van der Waals surface area contributed by atoms with Gasteiger partial charge in [0.15, 0.2) is 0 Å². The zero-order valence-electron chi connectivity index (χ0n) is 8.55. The molecule has 1 rings (SSSR count). The van der Waals surface area contributed by atoms with Crippen LogP contribution in [0.1, 0.15) is 19.4 Å². The van der Waals surface area contributed by atoms with Gasteiger partial charge in [0, 0.05) is 22.3 Å². The SMILES string of the molecule is CC(C)(CNCS)c1ccccc1Br. The number of halogens is 1. The Labute approximate surface area is 99.8 Å². The molecule has 0 unspecified atom stereocenters. The number of thiol groups is 1. The van der Waals surface area contributed by atoms with Crippen molar-refractivity contribution in [2.24, 2.45) is 0 Å². The van der Waals surface area contributed by atoms with E-state index in [0.717, 1.165) is 6.54 Å². The first kappa shape index (κ1) is 12.1. The fourth-order valence-electron chi connectivity index (χ4n) is 1.47. The molecule has 0 spiro atoms. The third kappa shape index (κ3) is 3.01. The van der Waals surface area contributed by atoms with Crippen LogP contribution in [0.4, 0.5) is 0 Å². The summed E-state index contributed by atoms with van der Waals surface area (Å²) in [5, 5.41) is 3.26. The van der Waals surface area contributed by atoms with E-state index in [2.05, 4.69) is 65.9 Å². The van der Waals surface area contributed by atoms with E-state index in [4.69, 9.17) is 0 Å². The Morgan fingerprint density at radius 1 is 1.36 bits per heavy atom. The lowest BCUT2D eigenvalue weighted by atomic mass is 9.85. The lowest BCUT2D eigenvalue weighted by molar-refractivity contribution is 0.488. The zero-order chi connectivity index (χ0) is 10.6. The Balaban J connectivity index is 2.86. The van der Waals surface area contributed by atoms with E-state index in [1.807, 2.05) is 6.07 Å².